The van der Waals surface area contributed by atoms with Gasteiger partial charge >= 0.3 is 0 Å². The van der Waals surface area contributed by atoms with E-state index in [1.807, 2.05) is 48.5 Å². The smallest absolute Gasteiger partial charge is 0.229 e. The zero-order valence-electron chi connectivity index (χ0n) is 17.8. The number of allylic oxidation sites excluding steroid dienone is 1. The Kier molecular flexibility index (Phi) is 5.74. The highest BCUT2D eigenvalue weighted by molar-refractivity contribution is 7.92. The van der Waals surface area contributed by atoms with Crippen LogP contribution in [0.3, 0.4) is 0 Å². The molecule has 0 spiro atoms. The first-order valence-corrected chi connectivity index (χ1v) is 12.0. The van der Waals surface area contributed by atoms with Crippen LogP contribution < -0.4 is 14.2 Å². The SMILES string of the molecule is CC/C(=C1/c2ccccc2OCc2cccc(OC)c21)c1cccc(NS(C)(=O)=O)c1. The second-order valence-corrected chi connectivity index (χ2v) is 9.19. The number of anilines is 1. The van der Waals surface area contributed by atoms with E-state index in [0.717, 1.165) is 57.6 Å². The lowest BCUT2D eigenvalue weighted by atomic mass is 9.86. The van der Waals surface area contributed by atoms with Gasteiger partial charge in [0.1, 0.15) is 18.1 Å². The average molecular weight is 436 g/mol. The zero-order chi connectivity index (χ0) is 22.0. The van der Waals surface area contributed by atoms with E-state index in [1.54, 1.807) is 13.2 Å². The van der Waals surface area contributed by atoms with Gasteiger partial charge in [-0.15, -0.1) is 0 Å². The van der Waals surface area contributed by atoms with Crippen molar-refractivity contribution in [2.75, 3.05) is 18.1 Å². The molecule has 0 aliphatic carbocycles. The van der Waals surface area contributed by atoms with Crippen LogP contribution in [-0.2, 0) is 16.6 Å². The third kappa shape index (κ3) is 4.30. The molecule has 0 bridgehead atoms. The number of sulfonamides is 1. The Hall–Kier alpha value is -3.25. The maximum atomic E-state index is 11.8. The van der Waals surface area contributed by atoms with Gasteiger partial charge in [-0.25, -0.2) is 8.42 Å². The van der Waals surface area contributed by atoms with E-state index in [2.05, 4.69) is 23.8 Å². The maximum absolute atomic E-state index is 11.8. The summed E-state index contributed by atoms with van der Waals surface area (Å²) in [6.45, 7) is 2.54. The van der Waals surface area contributed by atoms with E-state index in [4.69, 9.17) is 9.47 Å². The first-order valence-electron chi connectivity index (χ1n) is 10.1. The van der Waals surface area contributed by atoms with Crippen molar-refractivity contribution in [3.63, 3.8) is 0 Å². The Morgan fingerprint density at radius 3 is 2.58 bits per heavy atom. The number of ether oxygens (including phenoxy) is 2. The van der Waals surface area contributed by atoms with Crippen molar-refractivity contribution in [2.45, 2.75) is 20.0 Å². The van der Waals surface area contributed by atoms with E-state index in [9.17, 15) is 8.42 Å². The van der Waals surface area contributed by atoms with Crippen LogP contribution in [0.1, 0.15) is 35.6 Å². The van der Waals surface area contributed by atoms with Gasteiger partial charge in [-0.05, 0) is 41.8 Å². The highest BCUT2D eigenvalue weighted by Gasteiger charge is 2.25. The molecule has 1 aliphatic rings. The van der Waals surface area contributed by atoms with Crippen LogP contribution in [0.25, 0.3) is 11.1 Å². The minimum Gasteiger partial charge on any atom is -0.496 e. The second kappa shape index (κ2) is 8.47. The molecule has 1 N–H and O–H groups in total. The van der Waals surface area contributed by atoms with Gasteiger partial charge in [0.25, 0.3) is 0 Å². The van der Waals surface area contributed by atoms with E-state index < -0.39 is 10.0 Å². The van der Waals surface area contributed by atoms with E-state index in [0.29, 0.717) is 12.3 Å². The van der Waals surface area contributed by atoms with Gasteiger partial charge in [-0.1, -0.05) is 49.4 Å². The molecule has 0 saturated carbocycles. The number of rotatable bonds is 5. The predicted octanol–water partition coefficient (Wildman–Crippen LogP) is 5.33. The minimum atomic E-state index is -3.37. The number of benzene rings is 3. The Morgan fingerprint density at radius 1 is 1.06 bits per heavy atom. The minimum absolute atomic E-state index is 0.444. The van der Waals surface area contributed by atoms with Crippen LogP contribution in [0, 0.1) is 0 Å². The normalized spacial score (nSPS) is 14.5. The molecule has 5 nitrogen and oxygen atoms in total. The summed E-state index contributed by atoms with van der Waals surface area (Å²) >= 11 is 0. The van der Waals surface area contributed by atoms with Gasteiger partial charge in [-0.3, -0.25) is 4.72 Å². The number of para-hydroxylation sites is 1. The molecule has 1 aliphatic heterocycles. The van der Waals surface area contributed by atoms with Crippen LogP contribution >= 0.6 is 0 Å². The first-order chi connectivity index (χ1) is 14.9. The lowest BCUT2D eigenvalue weighted by Crippen LogP contribution is -2.09. The molecule has 0 atom stereocenters. The third-order valence-electron chi connectivity index (χ3n) is 5.29. The monoisotopic (exact) mass is 435 g/mol. The second-order valence-electron chi connectivity index (χ2n) is 7.44. The molecule has 3 aromatic rings. The summed E-state index contributed by atoms with van der Waals surface area (Å²) in [5.41, 5.74) is 6.64. The van der Waals surface area contributed by atoms with Crippen molar-refractivity contribution in [1.29, 1.82) is 0 Å². The van der Waals surface area contributed by atoms with Crippen LogP contribution in [0.2, 0.25) is 0 Å². The Balaban J connectivity index is 2.04. The van der Waals surface area contributed by atoms with Gasteiger partial charge in [0, 0.05) is 28.0 Å². The summed E-state index contributed by atoms with van der Waals surface area (Å²) in [6, 6.07) is 21.5. The lowest BCUT2D eigenvalue weighted by molar-refractivity contribution is 0.306. The number of hydrogen-bond donors (Lipinski definition) is 1. The van der Waals surface area contributed by atoms with Crippen molar-refractivity contribution in [3.05, 3.63) is 89.0 Å². The van der Waals surface area contributed by atoms with Gasteiger partial charge in [0.2, 0.25) is 10.0 Å². The summed E-state index contributed by atoms with van der Waals surface area (Å²) in [7, 11) is -1.70. The van der Waals surface area contributed by atoms with Crippen molar-refractivity contribution in [1.82, 2.24) is 0 Å². The summed E-state index contributed by atoms with van der Waals surface area (Å²) in [4.78, 5) is 0. The molecular formula is C25H25NO4S. The maximum Gasteiger partial charge on any atom is 0.229 e. The number of methoxy groups -OCH3 is 1. The summed E-state index contributed by atoms with van der Waals surface area (Å²) in [5.74, 6) is 1.59. The highest BCUT2D eigenvalue weighted by Crippen LogP contribution is 2.45. The average Bonchev–Trinajstić information content (AvgIpc) is 2.91. The number of nitrogens with one attached hydrogen (secondary N) is 1. The van der Waals surface area contributed by atoms with Crippen LogP contribution in [-0.4, -0.2) is 21.8 Å². The van der Waals surface area contributed by atoms with E-state index in [1.165, 1.54) is 0 Å². The standard InChI is InChI=1S/C25H25NO4S/c1-4-20(17-9-7-11-19(15-17)26-31(3,27)28)25-21-12-5-6-13-22(21)30-16-18-10-8-14-23(29-2)24(18)25/h5-15,26H,4,16H2,1-3H3/b25-20+. The summed E-state index contributed by atoms with van der Waals surface area (Å²) in [5, 5.41) is 0. The van der Waals surface area contributed by atoms with E-state index >= 15 is 0 Å². The molecule has 0 unspecified atom stereocenters. The van der Waals surface area contributed by atoms with Gasteiger partial charge in [0.15, 0.2) is 0 Å². The topological polar surface area (TPSA) is 64.6 Å². The highest BCUT2D eigenvalue weighted by atomic mass is 32.2. The molecule has 6 heteroatoms. The van der Waals surface area contributed by atoms with Crippen molar-refractivity contribution < 1.29 is 17.9 Å². The van der Waals surface area contributed by atoms with Crippen LogP contribution in [0.15, 0.2) is 66.7 Å². The van der Waals surface area contributed by atoms with Crippen molar-refractivity contribution >= 4 is 26.9 Å². The molecular weight excluding hydrogens is 410 g/mol. The predicted molar refractivity (Wildman–Crippen MR) is 125 cm³/mol. The Bertz CT molecular complexity index is 1260. The third-order valence-corrected chi connectivity index (χ3v) is 5.90. The largest absolute Gasteiger partial charge is 0.496 e. The molecule has 1 heterocycles. The van der Waals surface area contributed by atoms with E-state index in [-0.39, 0.29) is 0 Å². The molecule has 4 rings (SSSR count). The number of fused-ring (bicyclic) bond motifs is 2. The molecule has 0 saturated heterocycles. The van der Waals surface area contributed by atoms with Crippen LogP contribution in [0.4, 0.5) is 5.69 Å². The molecule has 0 amide bonds. The quantitative estimate of drug-likeness (QED) is 0.588. The number of hydrogen-bond acceptors (Lipinski definition) is 4. The fourth-order valence-corrected chi connectivity index (χ4v) is 4.62. The molecule has 160 valence electrons. The van der Waals surface area contributed by atoms with Gasteiger partial charge < -0.3 is 9.47 Å². The summed E-state index contributed by atoms with van der Waals surface area (Å²) < 4.78 is 38.0. The fourth-order valence-electron chi connectivity index (χ4n) is 4.06. The molecule has 0 aromatic heterocycles. The first kappa shape index (κ1) is 21.0. The van der Waals surface area contributed by atoms with Gasteiger partial charge in [-0.2, -0.15) is 0 Å². The van der Waals surface area contributed by atoms with Crippen molar-refractivity contribution in [3.8, 4) is 11.5 Å². The Labute approximate surface area is 183 Å². The summed E-state index contributed by atoms with van der Waals surface area (Å²) in [6.07, 6.45) is 1.89. The zero-order valence-corrected chi connectivity index (χ0v) is 18.6. The lowest BCUT2D eigenvalue weighted by Gasteiger charge is -2.19. The molecule has 3 aromatic carbocycles. The molecule has 0 fully saturated rings. The fraction of sp³-hybridized carbons (Fsp3) is 0.200. The Morgan fingerprint density at radius 2 is 1.84 bits per heavy atom. The van der Waals surface area contributed by atoms with Crippen molar-refractivity contribution in [2.24, 2.45) is 0 Å². The molecule has 0 radical (unpaired) electrons. The van der Waals surface area contributed by atoms with Crippen LogP contribution in [0.5, 0.6) is 11.5 Å². The van der Waals surface area contributed by atoms with Gasteiger partial charge in [0.05, 0.1) is 13.4 Å². The molecule has 31 heavy (non-hydrogen) atoms.